The Morgan fingerprint density at radius 2 is 1.88 bits per heavy atom. The maximum atomic E-state index is 13.4. The number of hydrogen-bond acceptors (Lipinski definition) is 6. The SMILES string of the molecule is O=C(c1csc(N(C(=O)c2ccccc2Cl)c2ccc(OC(F)(F)F)cc2)n1)N1CCC(O)C1. The maximum absolute atomic E-state index is 13.4. The third-order valence-electron chi connectivity index (χ3n) is 4.99. The van der Waals surface area contributed by atoms with Crippen molar-refractivity contribution in [3.05, 3.63) is 70.2 Å². The standard InChI is InChI=1S/C22H17ClF3N3O4S/c23-17-4-2-1-3-16(17)19(31)29(13-5-7-15(8-6-13)33-22(24,25)26)21-27-18(12-34-21)20(32)28-10-9-14(30)11-28/h1-8,12,14,30H,9-11H2. The van der Waals surface area contributed by atoms with Crippen molar-refractivity contribution in [3.8, 4) is 5.75 Å². The molecule has 1 aromatic heterocycles. The summed E-state index contributed by atoms with van der Waals surface area (Å²) in [6.45, 7) is 0.574. The molecule has 1 N–H and O–H groups in total. The zero-order valence-electron chi connectivity index (χ0n) is 17.3. The van der Waals surface area contributed by atoms with E-state index in [4.69, 9.17) is 11.6 Å². The Bertz CT molecular complexity index is 1200. The number of thiazole rings is 1. The molecule has 0 saturated carbocycles. The van der Waals surface area contributed by atoms with Crippen LogP contribution < -0.4 is 9.64 Å². The van der Waals surface area contributed by atoms with E-state index >= 15 is 0 Å². The van der Waals surface area contributed by atoms with Crippen LogP contribution in [-0.4, -0.2) is 52.4 Å². The van der Waals surface area contributed by atoms with Crippen molar-refractivity contribution in [2.24, 2.45) is 0 Å². The van der Waals surface area contributed by atoms with Crippen molar-refractivity contribution in [2.45, 2.75) is 18.9 Å². The molecule has 2 aromatic carbocycles. The number of aliphatic hydroxyl groups is 1. The number of anilines is 2. The number of halogens is 4. The highest BCUT2D eigenvalue weighted by Crippen LogP contribution is 2.34. The van der Waals surface area contributed by atoms with Gasteiger partial charge in [-0.2, -0.15) is 0 Å². The number of alkyl halides is 3. The number of aliphatic hydroxyl groups excluding tert-OH is 1. The van der Waals surface area contributed by atoms with Gasteiger partial charge in [0, 0.05) is 18.5 Å². The molecule has 2 heterocycles. The predicted molar refractivity (Wildman–Crippen MR) is 120 cm³/mol. The second-order valence-corrected chi connectivity index (χ2v) is 8.61. The van der Waals surface area contributed by atoms with Crippen LogP contribution in [0.5, 0.6) is 5.75 Å². The Kier molecular flexibility index (Phi) is 6.78. The van der Waals surface area contributed by atoms with Crippen LogP contribution in [0, 0.1) is 0 Å². The number of amides is 2. The third kappa shape index (κ3) is 5.32. The molecule has 1 aliphatic heterocycles. The van der Waals surface area contributed by atoms with E-state index in [1.165, 1.54) is 39.4 Å². The van der Waals surface area contributed by atoms with E-state index in [1.807, 2.05) is 0 Å². The molecule has 2 amide bonds. The Morgan fingerprint density at radius 1 is 1.18 bits per heavy atom. The van der Waals surface area contributed by atoms with Gasteiger partial charge in [-0.05, 0) is 42.8 Å². The molecule has 0 aliphatic carbocycles. The summed E-state index contributed by atoms with van der Waals surface area (Å²) in [6, 6.07) is 11.0. The quantitative estimate of drug-likeness (QED) is 0.528. The number of benzene rings is 2. The zero-order valence-corrected chi connectivity index (χ0v) is 18.9. The maximum Gasteiger partial charge on any atom is 0.573 e. The Morgan fingerprint density at radius 3 is 2.50 bits per heavy atom. The van der Waals surface area contributed by atoms with E-state index in [0.717, 1.165) is 23.5 Å². The van der Waals surface area contributed by atoms with Gasteiger partial charge in [0.25, 0.3) is 11.8 Å². The summed E-state index contributed by atoms with van der Waals surface area (Å²) in [5.41, 5.74) is 0.429. The molecule has 1 aliphatic rings. The highest BCUT2D eigenvalue weighted by Gasteiger charge is 2.32. The Balaban J connectivity index is 1.69. The molecule has 3 aromatic rings. The van der Waals surface area contributed by atoms with Gasteiger partial charge in [0.15, 0.2) is 5.13 Å². The topological polar surface area (TPSA) is 83.0 Å². The first-order chi connectivity index (χ1) is 16.1. The van der Waals surface area contributed by atoms with Gasteiger partial charge in [0.1, 0.15) is 11.4 Å². The van der Waals surface area contributed by atoms with Crippen LogP contribution in [0.1, 0.15) is 27.3 Å². The van der Waals surface area contributed by atoms with Gasteiger partial charge in [0.05, 0.1) is 22.4 Å². The first-order valence-electron chi connectivity index (χ1n) is 10.00. The molecule has 0 radical (unpaired) electrons. The number of carbonyl (C=O) groups is 2. The van der Waals surface area contributed by atoms with Gasteiger partial charge in [-0.3, -0.25) is 14.5 Å². The number of hydrogen-bond donors (Lipinski definition) is 1. The van der Waals surface area contributed by atoms with E-state index in [1.54, 1.807) is 12.1 Å². The molecule has 1 unspecified atom stereocenters. The van der Waals surface area contributed by atoms with Crippen molar-refractivity contribution in [3.63, 3.8) is 0 Å². The fraction of sp³-hybridized carbons (Fsp3) is 0.227. The van der Waals surface area contributed by atoms with E-state index in [9.17, 15) is 27.9 Å². The molecule has 0 bridgehead atoms. The van der Waals surface area contributed by atoms with Crippen LogP contribution in [0.3, 0.4) is 0 Å². The van der Waals surface area contributed by atoms with Crippen LogP contribution in [0.25, 0.3) is 0 Å². The molecule has 12 heteroatoms. The van der Waals surface area contributed by atoms with Gasteiger partial charge in [-0.25, -0.2) is 4.98 Å². The van der Waals surface area contributed by atoms with E-state index in [2.05, 4.69) is 9.72 Å². The number of carbonyl (C=O) groups excluding carboxylic acids is 2. The first kappa shape index (κ1) is 24.0. The normalized spacial score (nSPS) is 15.9. The lowest BCUT2D eigenvalue weighted by molar-refractivity contribution is -0.274. The molecular weight excluding hydrogens is 495 g/mol. The lowest BCUT2D eigenvalue weighted by Gasteiger charge is -2.21. The summed E-state index contributed by atoms with van der Waals surface area (Å²) in [5, 5.41) is 11.5. The monoisotopic (exact) mass is 511 g/mol. The van der Waals surface area contributed by atoms with Crippen molar-refractivity contribution in [1.82, 2.24) is 9.88 Å². The van der Waals surface area contributed by atoms with Crippen molar-refractivity contribution in [2.75, 3.05) is 18.0 Å². The second-order valence-electron chi connectivity index (χ2n) is 7.37. The summed E-state index contributed by atoms with van der Waals surface area (Å²) in [6.07, 6.45) is -4.99. The number of ether oxygens (including phenoxy) is 1. The Hall–Kier alpha value is -3.15. The number of nitrogens with zero attached hydrogens (tertiary/aromatic N) is 3. The number of β-amino-alcohol motifs (C(OH)–C–C–N with tert-alkyl or cyclic N) is 1. The molecular formula is C22H17ClF3N3O4S. The average Bonchev–Trinajstić information content (AvgIpc) is 3.43. The molecule has 4 rings (SSSR count). The van der Waals surface area contributed by atoms with E-state index in [0.29, 0.717) is 13.0 Å². The van der Waals surface area contributed by atoms with Crippen LogP contribution in [0.15, 0.2) is 53.9 Å². The van der Waals surface area contributed by atoms with E-state index in [-0.39, 0.29) is 33.6 Å². The van der Waals surface area contributed by atoms with Crippen molar-refractivity contribution < 1.29 is 32.6 Å². The summed E-state index contributed by atoms with van der Waals surface area (Å²) in [7, 11) is 0. The summed E-state index contributed by atoms with van der Waals surface area (Å²) < 4.78 is 41.5. The Labute approximate surface area is 201 Å². The number of rotatable bonds is 5. The molecule has 1 saturated heterocycles. The lowest BCUT2D eigenvalue weighted by Crippen LogP contribution is -2.30. The predicted octanol–water partition coefficient (Wildman–Crippen LogP) is 4.88. The van der Waals surface area contributed by atoms with Gasteiger partial charge in [-0.15, -0.1) is 24.5 Å². The highest BCUT2D eigenvalue weighted by atomic mass is 35.5. The number of likely N-dealkylation sites (tertiary alicyclic amines) is 1. The van der Waals surface area contributed by atoms with Crippen LogP contribution in [-0.2, 0) is 0 Å². The van der Waals surface area contributed by atoms with Gasteiger partial charge >= 0.3 is 6.36 Å². The van der Waals surface area contributed by atoms with Crippen LogP contribution in [0.4, 0.5) is 24.0 Å². The van der Waals surface area contributed by atoms with Crippen LogP contribution >= 0.6 is 22.9 Å². The minimum absolute atomic E-state index is 0.0862. The van der Waals surface area contributed by atoms with Gasteiger partial charge in [-0.1, -0.05) is 23.7 Å². The minimum atomic E-state index is -4.86. The summed E-state index contributed by atoms with van der Waals surface area (Å²) in [4.78, 5) is 33.1. The largest absolute Gasteiger partial charge is 0.573 e. The van der Waals surface area contributed by atoms with Crippen LogP contribution in [0.2, 0.25) is 5.02 Å². The fourth-order valence-electron chi connectivity index (χ4n) is 3.42. The smallest absolute Gasteiger partial charge is 0.406 e. The first-order valence-corrected chi connectivity index (χ1v) is 11.3. The molecule has 0 spiro atoms. The summed E-state index contributed by atoms with van der Waals surface area (Å²) in [5.74, 6) is -1.43. The third-order valence-corrected chi connectivity index (χ3v) is 6.14. The molecule has 34 heavy (non-hydrogen) atoms. The van der Waals surface area contributed by atoms with E-state index < -0.39 is 30.0 Å². The van der Waals surface area contributed by atoms with Gasteiger partial charge in [0.2, 0.25) is 0 Å². The molecule has 1 atom stereocenters. The minimum Gasteiger partial charge on any atom is -0.406 e. The zero-order chi connectivity index (χ0) is 24.5. The molecule has 1 fully saturated rings. The molecule has 178 valence electrons. The fourth-order valence-corrected chi connectivity index (χ4v) is 4.45. The number of aromatic nitrogens is 1. The summed E-state index contributed by atoms with van der Waals surface area (Å²) >= 11 is 7.21. The highest BCUT2D eigenvalue weighted by molar-refractivity contribution is 7.14. The molecule has 7 nitrogen and oxygen atoms in total. The average molecular weight is 512 g/mol. The second kappa shape index (κ2) is 9.61. The van der Waals surface area contributed by atoms with Crippen molar-refractivity contribution in [1.29, 1.82) is 0 Å². The van der Waals surface area contributed by atoms with Gasteiger partial charge < -0.3 is 14.7 Å². The van der Waals surface area contributed by atoms with Crippen molar-refractivity contribution >= 4 is 45.6 Å². The lowest BCUT2D eigenvalue weighted by atomic mass is 10.2.